The minimum atomic E-state index is -0.0912. The number of carbonyl (C=O) groups is 1. The lowest BCUT2D eigenvalue weighted by atomic mass is 10.1. The van der Waals surface area contributed by atoms with E-state index >= 15 is 0 Å². The fraction of sp³-hybridized carbons (Fsp3) is 0.333. The fourth-order valence-electron chi connectivity index (χ4n) is 1.71. The van der Waals surface area contributed by atoms with Crippen molar-refractivity contribution in [2.24, 2.45) is 0 Å². The zero-order valence-electron chi connectivity index (χ0n) is 9.74. The number of carbonyl (C=O) groups excluding carboxylic acids is 1. The second kappa shape index (κ2) is 4.75. The van der Waals surface area contributed by atoms with Crippen LogP contribution in [0.1, 0.15) is 28.9 Å². The monoisotopic (exact) mass is 252 g/mol. The van der Waals surface area contributed by atoms with Gasteiger partial charge < -0.3 is 4.42 Å². The second-order valence-electron chi connectivity index (χ2n) is 3.74. The molecule has 0 amide bonds. The van der Waals surface area contributed by atoms with Gasteiger partial charge >= 0.3 is 0 Å². The molecular formula is C12H13ClN2O2. The van der Waals surface area contributed by atoms with Crippen molar-refractivity contribution in [3.8, 4) is 0 Å². The van der Waals surface area contributed by atoms with E-state index in [2.05, 4.69) is 5.10 Å². The van der Waals surface area contributed by atoms with Gasteiger partial charge in [0.05, 0.1) is 29.1 Å². The minimum absolute atomic E-state index is 0.0912. The van der Waals surface area contributed by atoms with E-state index in [1.165, 1.54) is 6.26 Å². The van der Waals surface area contributed by atoms with Gasteiger partial charge in [0.15, 0.2) is 5.76 Å². The Morgan fingerprint density at radius 1 is 1.59 bits per heavy atom. The summed E-state index contributed by atoms with van der Waals surface area (Å²) in [6.07, 6.45) is 1.69. The summed E-state index contributed by atoms with van der Waals surface area (Å²) in [5.41, 5.74) is 1.49. The number of hydrogen-bond donors (Lipinski definition) is 0. The van der Waals surface area contributed by atoms with E-state index in [1.54, 1.807) is 16.8 Å². The lowest BCUT2D eigenvalue weighted by Crippen LogP contribution is -2.09. The maximum atomic E-state index is 11.9. The molecule has 2 rings (SSSR count). The molecule has 2 aromatic heterocycles. The molecule has 17 heavy (non-hydrogen) atoms. The molecule has 0 atom stereocenters. The van der Waals surface area contributed by atoms with Gasteiger partial charge in [-0.25, -0.2) is 0 Å². The van der Waals surface area contributed by atoms with Gasteiger partial charge in [0, 0.05) is 6.54 Å². The van der Waals surface area contributed by atoms with Gasteiger partial charge in [-0.05, 0) is 26.0 Å². The zero-order chi connectivity index (χ0) is 12.4. The molecule has 2 aromatic rings. The molecule has 0 fully saturated rings. The Morgan fingerprint density at radius 2 is 2.35 bits per heavy atom. The number of Topliss-reactive ketones (excluding diaryl/α,β-unsaturated/α-hetero) is 1. The van der Waals surface area contributed by atoms with Crippen LogP contribution in [-0.4, -0.2) is 15.6 Å². The van der Waals surface area contributed by atoms with Crippen LogP contribution >= 0.6 is 11.6 Å². The molecule has 90 valence electrons. The highest BCUT2D eigenvalue weighted by Gasteiger charge is 2.18. The van der Waals surface area contributed by atoms with Crippen molar-refractivity contribution >= 4 is 17.4 Å². The highest BCUT2D eigenvalue weighted by Crippen LogP contribution is 2.22. The van der Waals surface area contributed by atoms with Gasteiger partial charge in [-0.2, -0.15) is 5.10 Å². The molecule has 4 nitrogen and oxygen atoms in total. The minimum Gasteiger partial charge on any atom is -0.461 e. The first-order valence-electron chi connectivity index (χ1n) is 5.42. The number of aromatic nitrogens is 2. The Bertz CT molecular complexity index is 529. The van der Waals surface area contributed by atoms with Crippen molar-refractivity contribution in [1.82, 2.24) is 9.78 Å². The van der Waals surface area contributed by atoms with Gasteiger partial charge in [0.2, 0.25) is 5.78 Å². The van der Waals surface area contributed by atoms with Crippen LogP contribution in [0.15, 0.2) is 22.8 Å². The molecule has 5 heteroatoms. The Balaban J connectivity index is 2.27. The first kappa shape index (κ1) is 11.9. The Labute approximate surface area is 104 Å². The summed E-state index contributed by atoms with van der Waals surface area (Å²) in [5, 5.41) is 4.83. The molecule has 0 aliphatic rings. The van der Waals surface area contributed by atoms with E-state index in [0.29, 0.717) is 17.3 Å². The van der Waals surface area contributed by atoms with Crippen LogP contribution in [0, 0.1) is 6.92 Å². The summed E-state index contributed by atoms with van der Waals surface area (Å²) in [4.78, 5) is 11.9. The molecule has 0 bridgehead atoms. The predicted octanol–water partition coefficient (Wildman–Crippen LogP) is 2.88. The summed E-state index contributed by atoms with van der Waals surface area (Å²) in [5.74, 6) is 0.258. The number of ketones is 1. The SMILES string of the molecule is CCn1nc(C)c(Cl)c1CC(=O)c1ccco1. The number of hydrogen-bond acceptors (Lipinski definition) is 3. The first-order valence-corrected chi connectivity index (χ1v) is 5.79. The van der Waals surface area contributed by atoms with Crippen LogP contribution in [0.25, 0.3) is 0 Å². The zero-order valence-corrected chi connectivity index (χ0v) is 10.5. The molecule has 0 saturated heterocycles. The topological polar surface area (TPSA) is 48.0 Å². The van der Waals surface area contributed by atoms with Crippen LogP contribution in [0.4, 0.5) is 0 Å². The molecule has 2 heterocycles. The number of rotatable bonds is 4. The summed E-state index contributed by atoms with van der Waals surface area (Å²) in [7, 11) is 0. The number of aryl methyl sites for hydroxylation is 2. The van der Waals surface area contributed by atoms with Gasteiger partial charge in [-0.3, -0.25) is 9.48 Å². The summed E-state index contributed by atoms with van der Waals surface area (Å²) < 4.78 is 6.81. The number of furan rings is 1. The first-order chi connectivity index (χ1) is 8.13. The van der Waals surface area contributed by atoms with Crippen molar-refractivity contribution in [3.05, 3.63) is 40.6 Å². The van der Waals surface area contributed by atoms with E-state index in [0.717, 1.165) is 11.4 Å². The van der Waals surface area contributed by atoms with Crippen molar-refractivity contribution < 1.29 is 9.21 Å². The summed E-state index contributed by atoms with van der Waals surface area (Å²) in [6, 6.07) is 3.34. The van der Waals surface area contributed by atoms with Crippen LogP contribution in [0.2, 0.25) is 5.02 Å². The van der Waals surface area contributed by atoms with E-state index in [4.69, 9.17) is 16.0 Å². The third-order valence-electron chi connectivity index (χ3n) is 2.58. The number of halogens is 1. The number of nitrogens with zero attached hydrogens (tertiary/aromatic N) is 2. The van der Waals surface area contributed by atoms with Gasteiger partial charge in [-0.1, -0.05) is 11.6 Å². The average molecular weight is 253 g/mol. The maximum absolute atomic E-state index is 11.9. The predicted molar refractivity (Wildman–Crippen MR) is 64.4 cm³/mol. The largest absolute Gasteiger partial charge is 0.461 e. The Hall–Kier alpha value is -1.55. The molecule has 0 N–H and O–H groups in total. The molecule has 0 spiro atoms. The molecule has 0 saturated carbocycles. The van der Waals surface area contributed by atoms with E-state index in [9.17, 15) is 4.79 Å². The van der Waals surface area contributed by atoms with Crippen molar-refractivity contribution in [2.45, 2.75) is 26.8 Å². The van der Waals surface area contributed by atoms with Crippen molar-refractivity contribution in [1.29, 1.82) is 0 Å². The van der Waals surface area contributed by atoms with Crippen LogP contribution in [0.3, 0.4) is 0 Å². The third-order valence-corrected chi connectivity index (χ3v) is 3.07. The average Bonchev–Trinajstić information content (AvgIpc) is 2.92. The lowest BCUT2D eigenvalue weighted by Gasteiger charge is -2.03. The molecule has 0 aliphatic heterocycles. The third kappa shape index (κ3) is 2.26. The lowest BCUT2D eigenvalue weighted by molar-refractivity contribution is 0.0964. The second-order valence-corrected chi connectivity index (χ2v) is 4.12. The smallest absolute Gasteiger partial charge is 0.203 e. The Morgan fingerprint density at radius 3 is 2.94 bits per heavy atom. The summed E-state index contributed by atoms with van der Waals surface area (Å²) in [6.45, 7) is 4.48. The fourth-order valence-corrected chi connectivity index (χ4v) is 1.92. The van der Waals surface area contributed by atoms with E-state index < -0.39 is 0 Å². The van der Waals surface area contributed by atoms with E-state index in [1.807, 2.05) is 13.8 Å². The quantitative estimate of drug-likeness (QED) is 0.786. The van der Waals surface area contributed by atoms with Gasteiger partial charge in [0.1, 0.15) is 0 Å². The molecule has 0 aliphatic carbocycles. The maximum Gasteiger partial charge on any atom is 0.203 e. The molecule has 0 unspecified atom stereocenters. The van der Waals surface area contributed by atoms with Crippen molar-refractivity contribution in [2.75, 3.05) is 0 Å². The molecule has 0 radical (unpaired) electrons. The van der Waals surface area contributed by atoms with Crippen LogP contribution in [-0.2, 0) is 13.0 Å². The standard InChI is InChI=1S/C12H13ClN2O2/c1-3-15-9(12(13)8(2)14-15)7-10(16)11-5-4-6-17-11/h4-6H,3,7H2,1-2H3. The normalized spacial score (nSPS) is 10.8. The highest BCUT2D eigenvalue weighted by molar-refractivity contribution is 6.32. The van der Waals surface area contributed by atoms with Gasteiger partial charge in [-0.15, -0.1) is 0 Å². The van der Waals surface area contributed by atoms with E-state index in [-0.39, 0.29) is 12.2 Å². The van der Waals surface area contributed by atoms with Crippen LogP contribution in [0.5, 0.6) is 0 Å². The molecular weight excluding hydrogens is 240 g/mol. The Kier molecular flexibility index (Phi) is 3.33. The van der Waals surface area contributed by atoms with Gasteiger partial charge in [0.25, 0.3) is 0 Å². The van der Waals surface area contributed by atoms with Crippen LogP contribution < -0.4 is 0 Å². The highest BCUT2D eigenvalue weighted by atomic mass is 35.5. The summed E-state index contributed by atoms with van der Waals surface area (Å²) >= 11 is 6.13. The molecule has 0 aromatic carbocycles. The van der Waals surface area contributed by atoms with Crippen molar-refractivity contribution in [3.63, 3.8) is 0 Å².